The second-order valence-corrected chi connectivity index (χ2v) is 6.80. The summed E-state index contributed by atoms with van der Waals surface area (Å²) in [6.45, 7) is 3.67. The molecule has 1 heterocycles. The summed E-state index contributed by atoms with van der Waals surface area (Å²) in [5.41, 5.74) is 5.50. The summed E-state index contributed by atoms with van der Waals surface area (Å²) in [7, 11) is 0. The number of alkyl carbamates (subject to hydrolysis) is 1. The summed E-state index contributed by atoms with van der Waals surface area (Å²) >= 11 is 1.26. The van der Waals surface area contributed by atoms with Gasteiger partial charge in [-0.2, -0.15) is 0 Å². The Hall–Kier alpha value is -2.87. The molecule has 0 saturated heterocycles. The minimum absolute atomic E-state index is 0.105. The highest BCUT2D eigenvalue weighted by atomic mass is 32.1. The van der Waals surface area contributed by atoms with Gasteiger partial charge in [0.05, 0.1) is 4.88 Å². The van der Waals surface area contributed by atoms with E-state index in [-0.39, 0.29) is 12.5 Å². The summed E-state index contributed by atoms with van der Waals surface area (Å²) in [4.78, 5) is 36.6. The number of thiophene rings is 1. The first-order chi connectivity index (χ1) is 12.5. The Morgan fingerprint density at radius 3 is 2.38 bits per heavy atom. The van der Waals surface area contributed by atoms with E-state index in [0.717, 1.165) is 5.56 Å². The van der Waals surface area contributed by atoms with Gasteiger partial charge in [-0.15, -0.1) is 11.3 Å². The van der Waals surface area contributed by atoms with Crippen molar-refractivity contribution in [1.29, 1.82) is 0 Å². The molecule has 0 radical (unpaired) electrons. The van der Waals surface area contributed by atoms with Crippen LogP contribution in [0.15, 0.2) is 47.8 Å². The number of nitrogens with one attached hydrogen (secondary N) is 3. The van der Waals surface area contributed by atoms with Crippen LogP contribution < -0.4 is 16.2 Å². The Morgan fingerprint density at radius 2 is 1.77 bits per heavy atom. The first-order valence-corrected chi connectivity index (χ1v) is 8.96. The van der Waals surface area contributed by atoms with Gasteiger partial charge in [-0.25, -0.2) is 4.79 Å². The SMILES string of the molecule is CC(C)[C@H](NC(=O)OCc1ccccc1)C(=O)NNC(=O)c1cccs1. The molecule has 3 amide bonds. The van der Waals surface area contributed by atoms with E-state index in [4.69, 9.17) is 4.74 Å². The van der Waals surface area contributed by atoms with E-state index in [1.54, 1.807) is 31.4 Å². The van der Waals surface area contributed by atoms with Crippen molar-refractivity contribution in [3.8, 4) is 0 Å². The molecule has 1 atom stereocenters. The fourth-order valence-corrected chi connectivity index (χ4v) is 2.71. The summed E-state index contributed by atoms with van der Waals surface area (Å²) < 4.78 is 5.13. The molecule has 7 nitrogen and oxygen atoms in total. The minimum atomic E-state index is -0.845. The molecule has 3 N–H and O–H groups in total. The standard InChI is InChI=1S/C18H21N3O4S/c1-12(2)15(17(23)21-20-16(22)14-9-6-10-26-14)19-18(24)25-11-13-7-4-3-5-8-13/h3-10,12,15H,11H2,1-2H3,(H,19,24)(H,20,22)(H,21,23)/t15-/m0/s1. The van der Waals surface area contributed by atoms with Gasteiger partial charge < -0.3 is 10.1 Å². The number of rotatable bonds is 6. The highest BCUT2D eigenvalue weighted by Crippen LogP contribution is 2.08. The predicted octanol–water partition coefficient (Wildman–Crippen LogP) is 2.46. The van der Waals surface area contributed by atoms with E-state index in [2.05, 4.69) is 16.2 Å². The molecule has 2 aromatic rings. The van der Waals surface area contributed by atoms with E-state index in [9.17, 15) is 14.4 Å². The second kappa shape index (κ2) is 9.57. The predicted molar refractivity (Wildman–Crippen MR) is 98.3 cm³/mol. The van der Waals surface area contributed by atoms with Crippen LogP contribution in [-0.2, 0) is 16.1 Å². The fourth-order valence-electron chi connectivity index (χ4n) is 2.09. The number of ether oxygens (including phenoxy) is 1. The molecule has 0 aliphatic heterocycles. The Morgan fingerprint density at radius 1 is 1.04 bits per heavy atom. The highest BCUT2D eigenvalue weighted by molar-refractivity contribution is 7.12. The molecule has 0 aliphatic rings. The molecule has 138 valence electrons. The number of carbonyl (C=O) groups is 3. The van der Waals surface area contributed by atoms with Crippen LogP contribution >= 0.6 is 11.3 Å². The second-order valence-electron chi connectivity index (χ2n) is 5.85. The molecule has 0 spiro atoms. The molecule has 0 aliphatic carbocycles. The zero-order valence-corrected chi connectivity index (χ0v) is 15.3. The van der Waals surface area contributed by atoms with Crippen molar-refractivity contribution >= 4 is 29.2 Å². The summed E-state index contributed by atoms with van der Waals surface area (Å²) in [6.07, 6.45) is -0.702. The third kappa shape index (κ3) is 5.89. The molecule has 8 heteroatoms. The van der Waals surface area contributed by atoms with Gasteiger partial charge in [0.25, 0.3) is 11.8 Å². The van der Waals surface area contributed by atoms with Crippen molar-refractivity contribution in [3.05, 3.63) is 58.3 Å². The van der Waals surface area contributed by atoms with Crippen molar-refractivity contribution in [2.24, 2.45) is 5.92 Å². The van der Waals surface area contributed by atoms with Crippen molar-refractivity contribution in [3.63, 3.8) is 0 Å². The van der Waals surface area contributed by atoms with Gasteiger partial charge >= 0.3 is 6.09 Å². The monoisotopic (exact) mass is 375 g/mol. The molecule has 0 unspecified atom stereocenters. The number of hydrogen-bond acceptors (Lipinski definition) is 5. The van der Waals surface area contributed by atoms with Crippen molar-refractivity contribution in [2.45, 2.75) is 26.5 Å². The smallest absolute Gasteiger partial charge is 0.408 e. The molecule has 1 aromatic carbocycles. The Bertz CT molecular complexity index is 732. The average molecular weight is 375 g/mol. The van der Waals surface area contributed by atoms with Gasteiger partial charge in [-0.1, -0.05) is 50.2 Å². The van der Waals surface area contributed by atoms with Crippen LogP contribution in [-0.4, -0.2) is 23.9 Å². The maximum atomic E-state index is 12.3. The van der Waals surface area contributed by atoms with Gasteiger partial charge in [0.15, 0.2) is 0 Å². The quantitative estimate of drug-likeness (QED) is 0.676. The first-order valence-electron chi connectivity index (χ1n) is 8.08. The molecule has 0 fully saturated rings. The number of hydrazine groups is 1. The van der Waals surface area contributed by atoms with Crippen LogP contribution in [0.1, 0.15) is 29.1 Å². The molecular weight excluding hydrogens is 354 g/mol. The van der Waals surface area contributed by atoms with Crippen molar-refractivity contribution < 1.29 is 19.1 Å². The van der Waals surface area contributed by atoms with Crippen LogP contribution in [0.25, 0.3) is 0 Å². The normalized spacial score (nSPS) is 11.5. The van der Waals surface area contributed by atoms with Crippen molar-refractivity contribution in [2.75, 3.05) is 0 Å². The average Bonchev–Trinajstić information content (AvgIpc) is 3.17. The van der Waals surface area contributed by atoms with E-state index in [1.165, 1.54) is 11.3 Å². The third-order valence-electron chi connectivity index (χ3n) is 3.48. The van der Waals surface area contributed by atoms with Gasteiger partial charge in [-0.3, -0.25) is 20.4 Å². The van der Waals surface area contributed by atoms with Gasteiger partial charge in [0.1, 0.15) is 12.6 Å². The lowest BCUT2D eigenvalue weighted by molar-refractivity contribution is -0.124. The zero-order chi connectivity index (χ0) is 18.9. The maximum absolute atomic E-state index is 12.3. The van der Waals surface area contributed by atoms with Crippen LogP contribution in [0.4, 0.5) is 4.79 Å². The third-order valence-corrected chi connectivity index (χ3v) is 4.35. The van der Waals surface area contributed by atoms with Gasteiger partial charge in [0, 0.05) is 0 Å². The van der Waals surface area contributed by atoms with Crippen molar-refractivity contribution in [1.82, 2.24) is 16.2 Å². The first kappa shape index (κ1) is 19.5. The number of carbonyl (C=O) groups excluding carboxylic acids is 3. The molecule has 26 heavy (non-hydrogen) atoms. The molecule has 0 saturated carbocycles. The Kier molecular flexibility index (Phi) is 7.16. The molecular formula is C18H21N3O4S. The van der Waals surface area contributed by atoms with Gasteiger partial charge in [0.2, 0.25) is 0 Å². The summed E-state index contributed by atoms with van der Waals surface area (Å²) in [6, 6.07) is 11.8. The zero-order valence-electron chi connectivity index (χ0n) is 14.5. The van der Waals surface area contributed by atoms with Crippen LogP contribution in [0.3, 0.4) is 0 Å². The summed E-state index contributed by atoms with van der Waals surface area (Å²) in [5, 5.41) is 4.28. The summed E-state index contributed by atoms with van der Waals surface area (Å²) in [5.74, 6) is -1.14. The Balaban J connectivity index is 1.83. The van der Waals surface area contributed by atoms with Gasteiger partial charge in [-0.05, 0) is 22.9 Å². The Labute approximate surface area is 155 Å². The molecule has 2 rings (SSSR count). The largest absolute Gasteiger partial charge is 0.445 e. The van der Waals surface area contributed by atoms with Crippen LogP contribution in [0, 0.1) is 5.92 Å². The number of benzene rings is 1. The van der Waals surface area contributed by atoms with E-state index >= 15 is 0 Å². The lowest BCUT2D eigenvalue weighted by Crippen LogP contribution is -2.54. The van der Waals surface area contributed by atoms with E-state index < -0.39 is 23.9 Å². The maximum Gasteiger partial charge on any atom is 0.408 e. The number of amides is 3. The number of hydrogen-bond donors (Lipinski definition) is 3. The van der Waals surface area contributed by atoms with E-state index in [0.29, 0.717) is 4.88 Å². The van der Waals surface area contributed by atoms with Crippen LogP contribution in [0.5, 0.6) is 0 Å². The molecule has 0 bridgehead atoms. The lowest BCUT2D eigenvalue weighted by atomic mass is 10.0. The van der Waals surface area contributed by atoms with E-state index in [1.807, 2.05) is 30.3 Å². The highest BCUT2D eigenvalue weighted by Gasteiger charge is 2.25. The topological polar surface area (TPSA) is 96.5 Å². The lowest BCUT2D eigenvalue weighted by Gasteiger charge is -2.21. The fraction of sp³-hybridized carbons (Fsp3) is 0.278. The van der Waals surface area contributed by atoms with Crippen LogP contribution in [0.2, 0.25) is 0 Å². The minimum Gasteiger partial charge on any atom is -0.445 e. The molecule has 1 aromatic heterocycles.